The van der Waals surface area contributed by atoms with Crippen LogP contribution in [0.4, 0.5) is 0 Å². The van der Waals surface area contributed by atoms with E-state index in [1.54, 1.807) is 16.9 Å². The van der Waals surface area contributed by atoms with Gasteiger partial charge in [-0.15, -0.1) is 0 Å². The van der Waals surface area contributed by atoms with E-state index in [0.29, 0.717) is 12.0 Å². The van der Waals surface area contributed by atoms with Gasteiger partial charge in [0.25, 0.3) is 0 Å². The molecule has 0 radical (unpaired) electrons. The number of hydrogen-bond donors (Lipinski definition) is 1. The summed E-state index contributed by atoms with van der Waals surface area (Å²) in [5.74, 6) is -0.865. The van der Waals surface area contributed by atoms with Crippen molar-refractivity contribution < 1.29 is 9.90 Å². The predicted molar refractivity (Wildman–Crippen MR) is 39.4 cm³/mol. The van der Waals surface area contributed by atoms with Crippen molar-refractivity contribution in [2.45, 2.75) is 18.1 Å². The van der Waals surface area contributed by atoms with Crippen LogP contribution >= 0.6 is 0 Å². The Hall–Kier alpha value is -0.232. The zero-order chi connectivity index (χ0) is 7.28. The average molecular weight is 190 g/mol. The van der Waals surface area contributed by atoms with Gasteiger partial charge < -0.3 is 0 Å². The van der Waals surface area contributed by atoms with Gasteiger partial charge in [0.1, 0.15) is 0 Å². The van der Waals surface area contributed by atoms with Gasteiger partial charge in [-0.2, -0.15) is 0 Å². The fraction of sp³-hybridized carbons (Fsp3) is 0.500. The first-order valence-corrected chi connectivity index (χ1v) is 4.51. The summed E-state index contributed by atoms with van der Waals surface area (Å²) in [6.45, 7) is 3.40. The molecule has 2 nitrogen and oxygen atoms in total. The molecule has 0 heterocycles. The van der Waals surface area contributed by atoms with Crippen LogP contribution in [-0.2, 0) is 4.79 Å². The summed E-state index contributed by atoms with van der Waals surface area (Å²) in [4.78, 5) is 10.1. The molecule has 0 aliphatic heterocycles. The Morgan fingerprint density at radius 1 is 1.67 bits per heavy atom. The van der Waals surface area contributed by atoms with Crippen molar-refractivity contribution in [3.8, 4) is 0 Å². The average Bonchev–Trinajstić information content (AvgIpc) is 1.82. The Bertz CT molecular complexity index is 120. The molecule has 0 aliphatic rings. The molecule has 0 saturated heterocycles. The monoisotopic (exact) mass is 190 g/mol. The molecule has 0 spiro atoms. The normalized spacial score (nSPS) is 9.00. The standard InChI is InChI=1S/C6H11AsO2/c1-5(6(8)9)3-2-4-7/h1-4,7H2,(H,8,9). The van der Waals surface area contributed by atoms with Gasteiger partial charge in [0.2, 0.25) is 0 Å². The van der Waals surface area contributed by atoms with Crippen molar-refractivity contribution in [1.82, 2.24) is 0 Å². The maximum atomic E-state index is 10.1. The van der Waals surface area contributed by atoms with Crippen LogP contribution in [0.1, 0.15) is 12.8 Å². The van der Waals surface area contributed by atoms with Gasteiger partial charge in [-0.1, -0.05) is 0 Å². The molecule has 0 saturated carbocycles. The van der Waals surface area contributed by atoms with Crippen molar-refractivity contribution in [3.63, 3.8) is 0 Å². The van der Waals surface area contributed by atoms with Crippen LogP contribution in [0.5, 0.6) is 0 Å². The summed E-state index contributed by atoms with van der Waals surface area (Å²) in [5, 5.41) is 9.40. The summed E-state index contributed by atoms with van der Waals surface area (Å²) in [6, 6.07) is 0. The molecular formula is C6H11AsO2. The van der Waals surface area contributed by atoms with Crippen LogP contribution in [0.25, 0.3) is 0 Å². The van der Waals surface area contributed by atoms with Gasteiger partial charge in [0, 0.05) is 0 Å². The summed E-state index contributed by atoms with van der Waals surface area (Å²) in [5.41, 5.74) is 0.327. The van der Waals surface area contributed by atoms with Gasteiger partial charge in [-0.05, 0) is 0 Å². The third kappa shape index (κ3) is 4.28. The van der Waals surface area contributed by atoms with Crippen LogP contribution in [0.2, 0.25) is 5.21 Å². The second kappa shape index (κ2) is 4.63. The zero-order valence-electron chi connectivity index (χ0n) is 5.26. The Labute approximate surface area is 63.5 Å². The third-order valence-corrected chi connectivity index (χ3v) is 1.84. The minimum absolute atomic E-state index is 0.327. The number of carboxylic acids is 1. The van der Waals surface area contributed by atoms with E-state index < -0.39 is 5.97 Å². The molecule has 52 valence electrons. The van der Waals surface area contributed by atoms with Crippen LogP contribution < -0.4 is 0 Å². The number of carbonyl (C=O) groups is 1. The van der Waals surface area contributed by atoms with E-state index in [-0.39, 0.29) is 0 Å². The van der Waals surface area contributed by atoms with Gasteiger partial charge in [-0.25, -0.2) is 0 Å². The molecular weight excluding hydrogens is 179 g/mol. The van der Waals surface area contributed by atoms with Crippen LogP contribution in [0.15, 0.2) is 12.2 Å². The topological polar surface area (TPSA) is 37.3 Å². The molecule has 0 fully saturated rings. The third-order valence-electron chi connectivity index (χ3n) is 0.985. The minimum atomic E-state index is -0.865. The molecule has 1 atom stereocenters. The fourth-order valence-electron chi connectivity index (χ4n) is 0.422. The molecule has 0 aromatic carbocycles. The van der Waals surface area contributed by atoms with Crippen LogP contribution in [0.3, 0.4) is 0 Å². The van der Waals surface area contributed by atoms with Crippen molar-refractivity contribution in [2.24, 2.45) is 0 Å². The Morgan fingerprint density at radius 3 is 2.56 bits per heavy atom. The zero-order valence-corrected chi connectivity index (χ0v) is 7.68. The SMILES string of the molecule is C=C(CCC[AsH2])C(=O)O. The summed E-state index contributed by atoms with van der Waals surface area (Å²) in [7, 11) is 0. The molecule has 0 aliphatic carbocycles. The first-order valence-electron chi connectivity index (χ1n) is 2.79. The Balaban J connectivity index is 3.39. The molecule has 0 bridgehead atoms. The second-order valence-corrected chi connectivity index (χ2v) is 3.01. The van der Waals surface area contributed by atoms with E-state index in [4.69, 9.17) is 5.11 Å². The molecule has 1 unspecified atom stereocenters. The Kier molecular flexibility index (Phi) is 4.51. The molecule has 0 aromatic rings. The van der Waals surface area contributed by atoms with E-state index in [0.717, 1.165) is 11.6 Å². The fourth-order valence-corrected chi connectivity index (χ4v) is 0.851. The first kappa shape index (κ1) is 8.77. The van der Waals surface area contributed by atoms with Gasteiger partial charge in [0.05, 0.1) is 0 Å². The van der Waals surface area contributed by atoms with Crippen molar-refractivity contribution in [3.05, 3.63) is 12.2 Å². The Morgan fingerprint density at radius 2 is 2.22 bits per heavy atom. The summed E-state index contributed by atoms with van der Waals surface area (Å²) in [6.07, 6.45) is 1.58. The summed E-state index contributed by atoms with van der Waals surface area (Å²) < 4.78 is 0. The molecule has 3 heteroatoms. The van der Waals surface area contributed by atoms with E-state index in [1.165, 1.54) is 0 Å². The first-order chi connectivity index (χ1) is 4.18. The van der Waals surface area contributed by atoms with E-state index in [1.807, 2.05) is 0 Å². The van der Waals surface area contributed by atoms with E-state index in [2.05, 4.69) is 6.58 Å². The summed E-state index contributed by atoms with van der Waals surface area (Å²) >= 11 is 1.63. The number of aliphatic carboxylic acids is 1. The molecule has 9 heavy (non-hydrogen) atoms. The number of carboxylic acid groups (broad SMARTS) is 1. The van der Waals surface area contributed by atoms with Crippen molar-refractivity contribution in [1.29, 1.82) is 0 Å². The second-order valence-electron chi connectivity index (χ2n) is 1.80. The molecule has 0 rings (SSSR count). The number of hydrogen-bond acceptors (Lipinski definition) is 1. The van der Waals surface area contributed by atoms with Crippen molar-refractivity contribution >= 4 is 22.8 Å². The molecule has 0 aromatic heterocycles. The van der Waals surface area contributed by atoms with Gasteiger partial charge in [-0.3, -0.25) is 0 Å². The van der Waals surface area contributed by atoms with E-state index >= 15 is 0 Å². The number of rotatable bonds is 4. The quantitative estimate of drug-likeness (QED) is 0.516. The van der Waals surface area contributed by atoms with Crippen molar-refractivity contribution in [2.75, 3.05) is 0 Å². The van der Waals surface area contributed by atoms with Gasteiger partial charge >= 0.3 is 62.9 Å². The van der Waals surface area contributed by atoms with Gasteiger partial charge in [0.15, 0.2) is 0 Å². The predicted octanol–water partition coefficient (Wildman–Crippen LogP) is 0.459. The maximum absolute atomic E-state index is 10.1. The van der Waals surface area contributed by atoms with E-state index in [9.17, 15) is 4.79 Å². The molecule has 1 N–H and O–H groups in total. The molecule has 0 amide bonds. The van der Waals surface area contributed by atoms with Crippen LogP contribution in [-0.4, -0.2) is 27.9 Å². The van der Waals surface area contributed by atoms with Crippen LogP contribution in [0, 0.1) is 0 Å².